The van der Waals surface area contributed by atoms with Gasteiger partial charge in [-0.3, -0.25) is 10.2 Å². The summed E-state index contributed by atoms with van der Waals surface area (Å²) in [6, 6.07) is -1.53. The number of nitrogens with two attached hydrogens (primary N) is 3. The zero-order valence-electron chi connectivity index (χ0n) is 6.23. The van der Waals surface area contributed by atoms with Crippen molar-refractivity contribution < 1.29 is 14.7 Å². The number of aliphatic carboxylic acids is 1. The number of hydrogen-bond donors (Lipinski definition) is 6. The Bertz CT molecular complexity index is 153. The molecule has 72 valence electrons. The minimum Gasteiger partial charge on any atom is -0.480 e. The Morgan fingerprint density at radius 2 is 1.92 bits per heavy atom. The van der Waals surface area contributed by atoms with Crippen LogP contribution in [0.1, 0.15) is 0 Å². The van der Waals surface area contributed by atoms with Crippen LogP contribution in [0.2, 0.25) is 0 Å². The Morgan fingerprint density at radius 1 is 1.58 bits per heavy atom. The molecule has 1 atom stereocenters. The molecule has 0 saturated carbocycles. The minimum atomic E-state index is -1.00. The number of nitrogens with one attached hydrogen (secondary N) is 1. The molecule has 0 aromatic rings. The van der Waals surface area contributed by atoms with E-state index in [4.69, 9.17) is 10.8 Å². The zero-order valence-corrected chi connectivity index (χ0v) is 7.12. The molecule has 0 rings (SSSR count). The highest BCUT2D eigenvalue weighted by atomic mass is 32.1. The van der Waals surface area contributed by atoms with Crippen molar-refractivity contribution in [2.24, 2.45) is 17.3 Å². The number of hydrogen-bond acceptors (Lipinski definition) is 5. The number of urea groups is 1. The number of rotatable bonds is 2. The third-order valence-corrected chi connectivity index (χ3v) is 1.05. The largest absolute Gasteiger partial charge is 0.480 e. The van der Waals surface area contributed by atoms with Crippen molar-refractivity contribution in [2.75, 3.05) is 5.75 Å². The van der Waals surface area contributed by atoms with E-state index in [0.29, 0.717) is 0 Å². The zero-order chi connectivity index (χ0) is 10.1. The van der Waals surface area contributed by atoms with Crippen molar-refractivity contribution in [2.45, 2.75) is 6.04 Å². The van der Waals surface area contributed by atoms with Crippen LogP contribution in [0.5, 0.6) is 0 Å². The molecule has 12 heavy (non-hydrogen) atoms. The van der Waals surface area contributed by atoms with Gasteiger partial charge in [-0.25, -0.2) is 10.6 Å². The van der Waals surface area contributed by atoms with Crippen molar-refractivity contribution in [1.29, 1.82) is 0 Å². The van der Waals surface area contributed by atoms with Gasteiger partial charge in [-0.05, 0) is 0 Å². The predicted octanol–water partition coefficient (Wildman–Crippen LogP) is -2.14. The van der Waals surface area contributed by atoms with Crippen molar-refractivity contribution in [3.05, 3.63) is 0 Å². The van der Waals surface area contributed by atoms with Crippen molar-refractivity contribution >= 4 is 24.6 Å². The number of amides is 2. The molecule has 0 heterocycles. The average molecular weight is 196 g/mol. The van der Waals surface area contributed by atoms with Crippen LogP contribution >= 0.6 is 12.6 Å². The molecule has 7 nitrogen and oxygen atoms in total. The van der Waals surface area contributed by atoms with Gasteiger partial charge in [0.25, 0.3) is 0 Å². The van der Waals surface area contributed by atoms with Crippen LogP contribution in [0.15, 0.2) is 0 Å². The topological polar surface area (TPSA) is 144 Å². The fraction of sp³-hybridized carbons (Fsp3) is 0.500. The number of carboxylic acids is 1. The SMILES string of the molecule is NNC(N)=O.N[C@@H](CS)C(=O)O. The van der Waals surface area contributed by atoms with E-state index < -0.39 is 18.0 Å². The molecule has 0 unspecified atom stereocenters. The van der Waals surface area contributed by atoms with Gasteiger partial charge >= 0.3 is 12.0 Å². The summed E-state index contributed by atoms with van der Waals surface area (Å²) in [5.41, 5.74) is 11.0. The first-order valence-corrected chi connectivity index (χ1v) is 3.44. The van der Waals surface area contributed by atoms with Crippen molar-refractivity contribution in [3.63, 3.8) is 0 Å². The van der Waals surface area contributed by atoms with E-state index in [1.807, 2.05) is 0 Å². The molecule has 8 N–H and O–H groups in total. The van der Waals surface area contributed by atoms with E-state index in [2.05, 4.69) is 24.2 Å². The van der Waals surface area contributed by atoms with Gasteiger partial charge in [0.1, 0.15) is 6.04 Å². The summed E-state index contributed by atoms with van der Waals surface area (Å²) in [4.78, 5) is 19.1. The molecule has 0 aliphatic heterocycles. The monoisotopic (exact) mass is 196 g/mol. The van der Waals surface area contributed by atoms with Crippen molar-refractivity contribution in [1.82, 2.24) is 5.43 Å². The Balaban J connectivity index is 0. The van der Waals surface area contributed by atoms with Gasteiger partial charge < -0.3 is 16.6 Å². The summed E-state index contributed by atoms with van der Waals surface area (Å²) < 4.78 is 0. The molecule has 0 aliphatic rings. The second kappa shape index (κ2) is 8.11. The van der Waals surface area contributed by atoms with Crippen LogP contribution in [0.25, 0.3) is 0 Å². The summed E-state index contributed by atoms with van der Waals surface area (Å²) >= 11 is 3.65. The number of carboxylic acid groups (broad SMARTS) is 1. The highest BCUT2D eigenvalue weighted by Gasteiger charge is 2.06. The lowest BCUT2D eigenvalue weighted by molar-refractivity contribution is -0.137. The van der Waals surface area contributed by atoms with Crippen LogP contribution in [0, 0.1) is 0 Å². The van der Waals surface area contributed by atoms with Crippen LogP contribution in [0.3, 0.4) is 0 Å². The molecular weight excluding hydrogens is 184 g/mol. The van der Waals surface area contributed by atoms with Gasteiger partial charge in [-0.15, -0.1) is 0 Å². The smallest absolute Gasteiger partial charge is 0.326 e. The number of carbonyl (C=O) groups excluding carboxylic acids is 1. The summed E-state index contributed by atoms with van der Waals surface area (Å²) in [5, 5.41) is 8.01. The Morgan fingerprint density at radius 3 is 1.92 bits per heavy atom. The lowest BCUT2D eigenvalue weighted by Crippen LogP contribution is -2.34. The lowest BCUT2D eigenvalue weighted by Gasteiger charge is -1.96. The van der Waals surface area contributed by atoms with Crippen molar-refractivity contribution in [3.8, 4) is 0 Å². The van der Waals surface area contributed by atoms with Crippen LogP contribution in [-0.2, 0) is 4.79 Å². The fourth-order valence-corrected chi connectivity index (χ4v) is 0.234. The Kier molecular flexibility index (Phi) is 9.18. The second-order valence-corrected chi connectivity index (χ2v) is 2.00. The number of thiol groups is 1. The molecule has 0 fully saturated rings. The van der Waals surface area contributed by atoms with E-state index in [9.17, 15) is 9.59 Å². The van der Waals surface area contributed by atoms with Gasteiger partial charge in [0.05, 0.1) is 0 Å². The fourth-order valence-electron chi connectivity index (χ4n) is 0.0781. The number of hydrazine groups is 1. The highest BCUT2D eigenvalue weighted by molar-refractivity contribution is 7.80. The first-order valence-electron chi connectivity index (χ1n) is 2.81. The molecule has 0 aliphatic carbocycles. The van der Waals surface area contributed by atoms with Crippen LogP contribution in [0.4, 0.5) is 4.79 Å². The quantitative estimate of drug-likeness (QED) is 0.129. The minimum absolute atomic E-state index is 0.190. The standard InChI is InChI=1S/C3H7NO2S.CH5N3O/c4-2(1-7)3(5)6;2-1(5)4-3/h2,7H,1,4H2,(H,5,6);3H2,(H3,2,4,5)/t2-;/m0./s1. The Labute approximate surface area is 74.7 Å². The first kappa shape index (κ1) is 13.6. The molecule has 0 saturated heterocycles. The van der Waals surface area contributed by atoms with E-state index in [1.54, 1.807) is 5.43 Å². The van der Waals surface area contributed by atoms with E-state index >= 15 is 0 Å². The maximum Gasteiger partial charge on any atom is 0.326 e. The normalized spacial score (nSPS) is 10.6. The average Bonchev–Trinajstić information content (AvgIpc) is 2.04. The molecule has 0 spiro atoms. The summed E-state index contributed by atoms with van der Waals surface area (Å²) in [6.45, 7) is 0. The summed E-state index contributed by atoms with van der Waals surface area (Å²) in [5.74, 6) is 3.63. The third-order valence-electron chi connectivity index (χ3n) is 0.656. The molecule has 8 heteroatoms. The number of carbonyl (C=O) groups is 2. The van der Waals surface area contributed by atoms with Gasteiger partial charge in [0, 0.05) is 5.75 Å². The first-order chi connectivity index (χ1) is 5.45. The summed E-state index contributed by atoms with van der Waals surface area (Å²) in [6.07, 6.45) is 0. The molecule has 0 aromatic heterocycles. The molecule has 0 aromatic carbocycles. The molecule has 2 amide bonds. The van der Waals surface area contributed by atoms with Crippen LogP contribution < -0.4 is 22.7 Å². The van der Waals surface area contributed by atoms with Gasteiger partial charge in [-0.2, -0.15) is 12.6 Å². The maximum absolute atomic E-state index is 9.76. The number of primary amides is 1. The molecular formula is C4H12N4O3S. The maximum atomic E-state index is 9.76. The predicted molar refractivity (Wildman–Crippen MR) is 46.4 cm³/mol. The third kappa shape index (κ3) is 11.8. The van der Waals surface area contributed by atoms with Gasteiger partial charge in [-0.1, -0.05) is 0 Å². The second-order valence-electron chi connectivity index (χ2n) is 1.64. The van der Waals surface area contributed by atoms with E-state index in [0.717, 1.165) is 0 Å². The van der Waals surface area contributed by atoms with E-state index in [-0.39, 0.29) is 5.75 Å². The highest BCUT2D eigenvalue weighted by Crippen LogP contribution is 1.80. The molecule has 0 bridgehead atoms. The lowest BCUT2D eigenvalue weighted by atomic mass is 10.4. The van der Waals surface area contributed by atoms with E-state index in [1.165, 1.54) is 0 Å². The van der Waals surface area contributed by atoms with Gasteiger partial charge in [0.2, 0.25) is 0 Å². The summed E-state index contributed by atoms with van der Waals surface area (Å²) in [7, 11) is 0. The Hall–Kier alpha value is -0.990. The van der Waals surface area contributed by atoms with Crippen LogP contribution in [-0.4, -0.2) is 28.9 Å². The van der Waals surface area contributed by atoms with Gasteiger partial charge in [0.15, 0.2) is 0 Å². The molecule has 0 radical (unpaired) electrons.